The lowest BCUT2D eigenvalue weighted by Crippen LogP contribution is -2.36. The van der Waals surface area contributed by atoms with Gasteiger partial charge in [0.25, 0.3) is 0 Å². The van der Waals surface area contributed by atoms with Gasteiger partial charge in [0.05, 0.1) is 0 Å². The maximum absolute atomic E-state index is 2.53. The molecular formula is C19H25N. The molecule has 1 nitrogen and oxygen atoms in total. The molecule has 20 heavy (non-hydrogen) atoms. The summed E-state index contributed by atoms with van der Waals surface area (Å²) >= 11 is 0. The molecule has 106 valence electrons. The molecule has 2 rings (SSSR count). The zero-order chi connectivity index (χ0) is 14.5. The van der Waals surface area contributed by atoms with Crippen molar-refractivity contribution in [3.05, 3.63) is 60.2 Å². The maximum Gasteiger partial charge on any atom is 0.0245 e. The highest BCUT2D eigenvalue weighted by Gasteiger charge is 2.15. The second-order valence-electron chi connectivity index (χ2n) is 5.88. The van der Waals surface area contributed by atoms with E-state index in [1.165, 1.54) is 16.7 Å². The summed E-state index contributed by atoms with van der Waals surface area (Å²) in [5.74, 6) is 0. The fourth-order valence-electron chi connectivity index (χ4n) is 2.72. The van der Waals surface area contributed by atoms with Gasteiger partial charge in [0, 0.05) is 18.6 Å². The summed E-state index contributed by atoms with van der Waals surface area (Å²) in [7, 11) is 0. The van der Waals surface area contributed by atoms with Crippen molar-refractivity contribution in [1.82, 2.24) is 4.90 Å². The standard InChI is InChI=1S/C19H25N/c1-15(2)20(16(3)4)14-18-12-8-9-13-19(18)17-10-6-5-7-11-17/h5-13,15-16H,14H2,1-4H3. The van der Waals surface area contributed by atoms with Crippen LogP contribution < -0.4 is 0 Å². The predicted octanol–water partition coefficient (Wildman–Crippen LogP) is 4.97. The monoisotopic (exact) mass is 267 g/mol. The van der Waals surface area contributed by atoms with E-state index in [1.54, 1.807) is 0 Å². The molecule has 2 aromatic rings. The Morgan fingerprint density at radius 3 is 1.90 bits per heavy atom. The summed E-state index contributed by atoms with van der Waals surface area (Å²) in [6.07, 6.45) is 0. The van der Waals surface area contributed by atoms with E-state index in [0.29, 0.717) is 12.1 Å². The van der Waals surface area contributed by atoms with Gasteiger partial charge in [-0.1, -0.05) is 54.6 Å². The van der Waals surface area contributed by atoms with Crippen molar-refractivity contribution in [3.63, 3.8) is 0 Å². The molecule has 2 aromatic carbocycles. The van der Waals surface area contributed by atoms with Crippen LogP contribution in [-0.4, -0.2) is 17.0 Å². The van der Waals surface area contributed by atoms with E-state index < -0.39 is 0 Å². The molecule has 1 heteroatoms. The average molecular weight is 267 g/mol. The zero-order valence-corrected chi connectivity index (χ0v) is 13.0. The highest BCUT2D eigenvalue weighted by Crippen LogP contribution is 2.25. The quantitative estimate of drug-likeness (QED) is 0.739. The minimum Gasteiger partial charge on any atom is -0.294 e. The van der Waals surface area contributed by atoms with Crippen molar-refractivity contribution in [1.29, 1.82) is 0 Å². The van der Waals surface area contributed by atoms with E-state index in [0.717, 1.165) is 6.54 Å². The van der Waals surface area contributed by atoms with Crippen molar-refractivity contribution in [3.8, 4) is 11.1 Å². The first-order valence-electron chi connectivity index (χ1n) is 7.48. The largest absolute Gasteiger partial charge is 0.294 e. The third-order valence-electron chi connectivity index (χ3n) is 3.78. The van der Waals surface area contributed by atoms with Gasteiger partial charge in [-0.2, -0.15) is 0 Å². The molecule has 0 amide bonds. The van der Waals surface area contributed by atoms with Crippen LogP contribution in [0, 0.1) is 0 Å². The summed E-state index contributed by atoms with van der Waals surface area (Å²) in [6, 6.07) is 20.5. The van der Waals surface area contributed by atoms with Gasteiger partial charge in [-0.3, -0.25) is 4.90 Å². The maximum atomic E-state index is 2.53. The number of benzene rings is 2. The Balaban J connectivity index is 2.33. The lowest BCUT2D eigenvalue weighted by molar-refractivity contribution is 0.166. The Morgan fingerprint density at radius 1 is 0.750 bits per heavy atom. The number of hydrogen-bond acceptors (Lipinski definition) is 1. The van der Waals surface area contributed by atoms with Gasteiger partial charge in [0.1, 0.15) is 0 Å². The number of nitrogens with zero attached hydrogens (tertiary/aromatic N) is 1. The van der Waals surface area contributed by atoms with E-state index in [2.05, 4.69) is 87.2 Å². The molecular weight excluding hydrogens is 242 g/mol. The fourth-order valence-corrected chi connectivity index (χ4v) is 2.72. The smallest absolute Gasteiger partial charge is 0.0245 e. The summed E-state index contributed by atoms with van der Waals surface area (Å²) in [4.78, 5) is 2.53. The molecule has 0 unspecified atom stereocenters. The third-order valence-corrected chi connectivity index (χ3v) is 3.78. The summed E-state index contributed by atoms with van der Waals surface area (Å²) in [5.41, 5.74) is 4.05. The predicted molar refractivity (Wildman–Crippen MR) is 87.7 cm³/mol. The van der Waals surface area contributed by atoms with Crippen molar-refractivity contribution >= 4 is 0 Å². The van der Waals surface area contributed by atoms with E-state index in [1.807, 2.05) is 0 Å². The van der Waals surface area contributed by atoms with Gasteiger partial charge in [0.2, 0.25) is 0 Å². The highest BCUT2D eigenvalue weighted by molar-refractivity contribution is 5.67. The number of hydrogen-bond donors (Lipinski definition) is 0. The van der Waals surface area contributed by atoms with Crippen molar-refractivity contribution < 1.29 is 0 Å². The summed E-state index contributed by atoms with van der Waals surface area (Å²) in [5, 5.41) is 0. The third kappa shape index (κ3) is 3.49. The Hall–Kier alpha value is -1.60. The molecule has 0 bridgehead atoms. The summed E-state index contributed by atoms with van der Waals surface area (Å²) in [6.45, 7) is 10.1. The van der Waals surface area contributed by atoms with E-state index in [-0.39, 0.29) is 0 Å². The van der Waals surface area contributed by atoms with Crippen LogP contribution >= 0.6 is 0 Å². The second-order valence-corrected chi connectivity index (χ2v) is 5.88. The molecule has 0 heterocycles. The molecule has 0 aromatic heterocycles. The molecule has 0 aliphatic heterocycles. The molecule has 0 radical (unpaired) electrons. The van der Waals surface area contributed by atoms with E-state index >= 15 is 0 Å². The van der Waals surface area contributed by atoms with Crippen LogP contribution in [0.4, 0.5) is 0 Å². The average Bonchev–Trinajstić information content (AvgIpc) is 2.45. The Morgan fingerprint density at radius 2 is 1.30 bits per heavy atom. The number of rotatable bonds is 5. The van der Waals surface area contributed by atoms with Crippen LogP contribution in [0.1, 0.15) is 33.3 Å². The van der Waals surface area contributed by atoms with Crippen LogP contribution in [0.15, 0.2) is 54.6 Å². The first kappa shape index (κ1) is 14.8. The Bertz CT molecular complexity index is 520. The first-order valence-corrected chi connectivity index (χ1v) is 7.48. The van der Waals surface area contributed by atoms with Crippen LogP contribution in [-0.2, 0) is 6.54 Å². The van der Waals surface area contributed by atoms with Gasteiger partial charge in [-0.05, 0) is 44.4 Å². The van der Waals surface area contributed by atoms with E-state index in [9.17, 15) is 0 Å². The topological polar surface area (TPSA) is 3.24 Å². The van der Waals surface area contributed by atoms with Gasteiger partial charge >= 0.3 is 0 Å². The second kappa shape index (κ2) is 6.71. The van der Waals surface area contributed by atoms with Gasteiger partial charge in [-0.15, -0.1) is 0 Å². The highest BCUT2D eigenvalue weighted by atomic mass is 15.2. The Kier molecular flexibility index (Phi) is 4.97. The molecule has 0 spiro atoms. The van der Waals surface area contributed by atoms with Crippen molar-refractivity contribution in [2.24, 2.45) is 0 Å². The van der Waals surface area contributed by atoms with Crippen LogP contribution in [0.25, 0.3) is 11.1 Å². The molecule has 0 aliphatic rings. The van der Waals surface area contributed by atoms with E-state index in [4.69, 9.17) is 0 Å². The summed E-state index contributed by atoms with van der Waals surface area (Å²) < 4.78 is 0. The van der Waals surface area contributed by atoms with Crippen LogP contribution in [0.2, 0.25) is 0 Å². The normalized spacial score (nSPS) is 11.6. The fraction of sp³-hybridized carbons (Fsp3) is 0.368. The first-order chi connectivity index (χ1) is 9.59. The molecule has 0 N–H and O–H groups in total. The SMILES string of the molecule is CC(C)N(Cc1ccccc1-c1ccccc1)C(C)C. The van der Waals surface area contributed by atoms with Crippen LogP contribution in [0.5, 0.6) is 0 Å². The molecule has 0 saturated carbocycles. The van der Waals surface area contributed by atoms with Crippen molar-refractivity contribution in [2.45, 2.75) is 46.3 Å². The van der Waals surface area contributed by atoms with Crippen molar-refractivity contribution in [2.75, 3.05) is 0 Å². The zero-order valence-electron chi connectivity index (χ0n) is 13.0. The van der Waals surface area contributed by atoms with Gasteiger partial charge in [-0.25, -0.2) is 0 Å². The van der Waals surface area contributed by atoms with Gasteiger partial charge < -0.3 is 0 Å². The minimum atomic E-state index is 0.554. The lowest BCUT2D eigenvalue weighted by atomic mass is 9.99. The van der Waals surface area contributed by atoms with Crippen LogP contribution in [0.3, 0.4) is 0 Å². The van der Waals surface area contributed by atoms with Gasteiger partial charge in [0.15, 0.2) is 0 Å². The molecule has 0 atom stereocenters. The Labute approximate surface area is 123 Å². The lowest BCUT2D eigenvalue weighted by Gasteiger charge is -2.31. The molecule has 0 aliphatic carbocycles. The minimum absolute atomic E-state index is 0.554. The molecule has 0 saturated heterocycles. The molecule has 0 fully saturated rings.